The molecule has 2 aromatic heterocycles. The lowest BCUT2D eigenvalue weighted by Gasteiger charge is -2.01. The topological polar surface area (TPSA) is 65.4 Å². The number of methoxy groups -OCH3 is 1. The molecule has 19 heavy (non-hydrogen) atoms. The first-order chi connectivity index (χ1) is 9.26. The molecule has 0 spiro atoms. The van der Waals surface area contributed by atoms with Crippen LogP contribution in [0.15, 0.2) is 29.6 Å². The zero-order valence-electron chi connectivity index (χ0n) is 10.5. The van der Waals surface area contributed by atoms with Crippen molar-refractivity contribution in [1.29, 1.82) is 0 Å². The smallest absolute Gasteiger partial charge is 0.214 e. The first-order valence-electron chi connectivity index (χ1n) is 5.98. The van der Waals surface area contributed by atoms with Crippen LogP contribution in [0.3, 0.4) is 0 Å². The van der Waals surface area contributed by atoms with Crippen molar-refractivity contribution in [3.05, 3.63) is 41.0 Å². The second-order valence-electron chi connectivity index (χ2n) is 4.23. The number of fused-ring (bicyclic) bond motifs is 1. The lowest BCUT2D eigenvalue weighted by Crippen LogP contribution is -1.96. The maximum Gasteiger partial charge on any atom is 0.214 e. The number of thiazole rings is 1. The normalized spacial score (nSPS) is 11.0. The summed E-state index contributed by atoms with van der Waals surface area (Å²) in [6.07, 6.45) is 1.71. The number of ether oxygens (including phenoxy) is 1. The molecule has 0 aliphatic rings. The number of aryl methyl sites for hydroxylation is 2. The Balaban J connectivity index is 1.70. The van der Waals surface area contributed by atoms with E-state index in [1.165, 1.54) is 16.9 Å². The van der Waals surface area contributed by atoms with Crippen LogP contribution >= 0.6 is 11.3 Å². The van der Waals surface area contributed by atoms with E-state index in [0.29, 0.717) is 5.82 Å². The van der Waals surface area contributed by atoms with E-state index in [2.05, 4.69) is 22.2 Å². The summed E-state index contributed by atoms with van der Waals surface area (Å²) in [4.78, 5) is 5.30. The monoisotopic (exact) mass is 274 g/mol. The maximum atomic E-state index is 5.79. The second kappa shape index (κ2) is 4.89. The summed E-state index contributed by atoms with van der Waals surface area (Å²) in [7, 11) is 1.67. The van der Waals surface area contributed by atoms with Crippen LogP contribution in [0.5, 0.6) is 5.75 Å². The van der Waals surface area contributed by atoms with E-state index in [-0.39, 0.29) is 0 Å². The zero-order chi connectivity index (χ0) is 13.2. The zero-order valence-corrected chi connectivity index (χ0v) is 11.4. The molecule has 0 saturated heterocycles. The Hall–Kier alpha value is -2.08. The van der Waals surface area contributed by atoms with Gasteiger partial charge < -0.3 is 10.5 Å². The van der Waals surface area contributed by atoms with Gasteiger partial charge in [0.15, 0.2) is 5.82 Å². The number of anilines is 1. The van der Waals surface area contributed by atoms with Crippen LogP contribution in [0.1, 0.15) is 11.4 Å². The van der Waals surface area contributed by atoms with E-state index in [4.69, 9.17) is 10.5 Å². The van der Waals surface area contributed by atoms with E-state index < -0.39 is 0 Å². The van der Waals surface area contributed by atoms with Gasteiger partial charge in [0.05, 0.1) is 7.11 Å². The number of hydrogen-bond acceptors (Lipinski definition) is 5. The minimum atomic E-state index is 0.642. The SMILES string of the molecule is COc1ccc(CCc2nc3scc(N)n3n2)cc1. The Bertz CT molecular complexity index is 686. The minimum absolute atomic E-state index is 0.642. The van der Waals surface area contributed by atoms with Crippen molar-refractivity contribution >= 4 is 22.1 Å². The molecule has 0 amide bonds. The van der Waals surface area contributed by atoms with Crippen molar-refractivity contribution in [3.63, 3.8) is 0 Å². The van der Waals surface area contributed by atoms with Gasteiger partial charge in [-0.2, -0.15) is 4.52 Å². The Labute approximate surface area is 114 Å². The molecule has 2 heterocycles. The average Bonchev–Trinajstić information content (AvgIpc) is 2.99. The van der Waals surface area contributed by atoms with Crippen LogP contribution in [-0.2, 0) is 12.8 Å². The number of nitrogens with zero attached hydrogens (tertiary/aromatic N) is 3. The largest absolute Gasteiger partial charge is 0.497 e. The number of nitrogen functional groups attached to an aromatic ring is 1. The molecule has 0 radical (unpaired) electrons. The van der Waals surface area contributed by atoms with Crippen molar-refractivity contribution in [2.45, 2.75) is 12.8 Å². The first-order valence-corrected chi connectivity index (χ1v) is 6.86. The van der Waals surface area contributed by atoms with Crippen LogP contribution in [-0.4, -0.2) is 21.7 Å². The molecule has 0 bridgehead atoms. The Morgan fingerprint density at radius 2 is 2.05 bits per heavy atom. The summed E-state index contributed by atoms with van der Waals surface area (Å²) >= 11 is 1.51. The molecule has 2 N–H and O–H groups in total. The van der Waals surface area contributed by atoms with E-state index in [1.807, 2.05) is 17.5 Å². The summed E-state index contributed by atoms with van der Waals surface area (Å²) in [5.41, 5.74) is 7.03. The fraction of sp³-hybridized carbons (Fsp3) is 0.231. The molecule has 0 saturated carbocycles. The van der Waals surface area contributed by atoms with Gasteiger partial charge in [-0.3, -0.25) is 0 Å². The molecule has 0 aliphatic carbocycles. The van der Waals surface area contributed by atoms with Gasteiger partial charge in [0.1, 0.15) is 11.6 Å². The van der Waals surface area contributed by atoms with Gasteiger partial charge in [0.2, 0.25) is 4.96 Å². The molecule has 98 valence electrons. The van der Waals surface area contributed by atoms with Gasteiger partial charge in [0.25, 0.3) is 0 Å². The van der Waals surface area contributed by atoms with Crippen molar-refractivity contribution in [2.24, 2.45) is 0 Å². The maximum absolute atomic E-state index is 5.79. The third-order valence-electron chi connectivity index (χ3n) is 2.95. The van der Waals surface area contributed by atoms with Gasteiger partial charge in [0, 0.05) is 11.8 Å². The quantitative estimate of drug-likeness (QED) is 0.792. The van der Waals surface area contributed by atoms with Crippen LogP contribution < -0.4 is 10.5 Å². The molecule has 0 unspecified atom stereocenters. The molecule has 5 nitrogen and oxygen atoms in total. The first kappa shape index (κ1) is 12.0. The Morgan fingerprint density at radius 3 is 2.74 bits per heavy atom. The van der Waals surface area contributed by atoms with Gasteiger partial charge in [-0.1, -0.05) is 12.1 Å². The van der Waals surface area contributed by atoms with Gasteiger partial charge >= 0.3 is 0 Å². The predicted octanol–water partition coefficient (Wildman–Crippen LogP) is 2.17. The van der Waals surface area contributed by atoms with E-state index in [0.717, 1.165) is 29.4 Å². The molecule has 0 aliphatic heterocycles. The fourth-order valence-corrected chi connectivity index (χ4v) is 2.63. The second-order valence-corrected chi connectivity index (χ2v) is 5.07. The van der Waals surface area contributed by atoms with E-state index >= 15 is 0 Å². The number of nitrogens with two attached hydrogens (primary N) is 1. The third-order valence-corrected chi connectivity index (χ3v) is 3.78. The fourth-order valence-electron chi connectivity index (χ4n) is 1.90. The summed E-state index contributed by atoms with van der Waals surface area (Å²) in [6, 6.07) is 8.05. The minimum Gasteiger partial charge on any atom is -0.497 e. The van der Waals surface area contributed by atoms with Crippen LogP contribution in [0.25, 0.3) is 4.96 Å². The summed E-state index contributed by atoms with van der Waals surface area (Å²) in [6.45, 7) is 0. The van der Waals surface area contributed by atoms with Crippen molar-refractivity contribution < 1.29 is 4.74 Å². The number of hydrogen-bond donors (Lipinski definition) is 1. The highest BCUT2D eigenvalue weighted by Crippen LogP contribution is 2.17. The standard InChI is InChI=1S/C13H14N4OS/c1-18-10-5-2-9(3-6-10)4-7-12-15-13-17(16-12)11(14)8-19-13/h2-3,5-6,8H,4,7,14H2,1H3. The third kappa shape index (κ3) is 2.39. The summed E-state index contributed by atoms with van der Waals surface area (Å²) in [5.74, 6) is 2.34. The lowest BCUT2D eigenvalue weighted by molar-refractivity contribution is 0.414. The predicted molar refractivity (Wildman–Crippen MR) is 75.7 cm³/mol. The highest BCUT2D eigenvalue weighted by molar-refractivity contribution is 7.15. The number of benzene rings is 1. The Kier molecular flexibility index (Phi) is 3.08. The molecule has 6 heteroatoms. The molecule has 3 rings (SSSR count). The van der Waals surface area contributed by atoms with Crippen LogP contribution in [0.2, 0.25) is 0 Å². The van der Waals surface area contributed by atoms with Crippen LogP contribution in [0, 0.1) is 0 Å². The molecule has 0 atom stereocenters. The van der Waals surface area contributed by atoms with Gasteiger partial charge in [-0.25, -0.2) is 4.98 Å². The van der Waals surface area contributed by atoms with E-state index in [9.17, 15) is 0 Å². The molecule has 1 aromatic carbocycles. The van der Waals surface area contributed by atoms with Gasteiger partial charge in [-0.15, -0.1) is 16.4 Å². The summed E-state index contributed by atoms with van der Waals surface area (Å²) in [5, 5.41) is 6.24. The van der Waals surface area contributed by atoms with E-state index in [1.54, 1.807) is 11.6 Å². The number of rotatable bonds is 4. The highest BCUT2D eigenvalue weighted by Gasteiger charge is 2.07. The summed E-state index contributed by atoms with van der Waals surface area (Å²) < 4.78 is 6.82. The number of aromatic nitrogens is 3. The lowest BCUT2D eigenvalue weighted by atomic mass is 10.1. The van der Waals surface area contributed by atoms with Crippen molar-refractivity contribution in [1.82, 2.24) is 14.6 Å². The highest BCUT2D eigenvalue weighted by atomic mass is 32.1. The van der Waals surface area contributed by atoms with Crippen LogP contribution in [0.4, 0.5) is 5.82 Å². The average molecular weight is 274 g/mol. The van der Waals surface area contributed by atoms with Crippen molar-refractivity contribution in [2.75, 3.05) is 12.8 Å². The van der Waals surface area contributed by atoms with Crippen molar-refractivity contribution in [3.8, 4) is 5.75 Å². The molecular formula is C13H14N4OS. The molecule has 3 aromatic rings. The Morgan fingerprint density at radius 1 is 1.26 bits per heavy atom. The molecular weight excluding hydrogens is 260 g/mol. The van der Waals surface area contributed by atoms with Gasteiger partial charge in [-0.05, 0) is 24.1 Å². The molecule has 0 fully saturated rings.